The lowest BCUT2D eigenvalue weighted by molar-refractivity contribution is -0.134. The standard InChI is InChI=1S/C19H26N4O3.C4H4O4/c1-25-17-13-21-19(22-18(17)24)20-8-11-26-16-7-5-6-15(12-16)14-23-9-3-2-4-10-23;5-3(6)1-2-4(7)8/h5-7,12-13H,2-4,8-11,14H2,1H3,(H2,20,21,22,24);1-2H,(H,5,6)(H,7,8)/b;2-1-. The van der Waals surface area contributed by atoms with Crippen LogP contribution < -0.4 is 20.3 Å². The lowest BCUT2D eigenvalue weighted by Gasteiger charge is -2.26. The van der Waals surface area contributed by atoms with Gasteiger partial charge >= 0.3 is 17.5 Å². The summed E-state index contributed by atoms with van der Waals surface area (Å²) in [5.41, 5.74) is 0.874. The summed E-state index contributed by atoms with van der Waals surface area (Å²) in [5.74, 6) is -1.06. The van der Waals surface area contributed by atoms with Gasteiger partial charge in [-0.15, -0.1) is 0 Å². The molecule has 3 rings (SSSR count). The summed E-state index contributed by atoms with van der Waals surface area (Å²) in [6.07, 6.45) is 6.54. The first-order valence-electron chi connectivity index (χ1n) is 10.8. The highest BCUT2D eigenvalue weighted by Crippen LogP contribution is 2.17. The Hall–Kier alpha value is -3.86. The second-order valence-electron chi connectivity index (χ2n) is 7.39. The number of rotatable bonds is 10. The zero-order valence-electron chi connectivity index (χ0n) is 19.0. The van der Waals surface area contributed by atoms with E-state index < -0.39 is 17.5 Å². The van der Waals surface area contributed by atoms with Gasteiger partial charge in [-0.05, 0) is 43.6 Å². The van der Waals surface area contributed by atoms with E-state index in [4.69, 9.17) is 19.7 Å². The first kappa shape index (κ1) is 26.4. The summed E-state index contributed by atoms with van der Waals surface area (Å²) in [6.45, 7) is 4.35. The van der Waals surface area contributed by atoms with Crippen LogP contribution in [0.15, 0.2) is 47.4 Å². The van der Waals surface area contributed by atoms with Gasteiger partial charge in [0.2, 0.25) is 11.7 Å². The number of anilines is 1. The molecule has 2 heterocycles. The van der Waals surface area contributed by atoms with Crippen molar-refractivity contribution in [3.05, 3.63) is 58.5 Å². The minimum Gasteiger partial charge on any atom is -0.492 e. The van der Waals surface area contributed by atoms with Crippen molar-refractivity contribution in [2.45, 2.75) is 25.8 Å². The molecule has 11 heteroatoms. The largest absolute Gasteiger partial charge is 0.492 e. The number of aromatic nitrogens is 2. The van der Waals surface area contributed by atoms with Crippen molar-refractivity contribution >= 4 is 17.9 Å². The van der Waals surface area contributed by atoms with Crippen LogP contribution in [0.25, 0.3) is 0 Å². The van der Waals surface area contributed by atoms with E-state index >= 15 is 0 Å². The number of carboxylic acids is 2. The molecule has 1 aliphatic rings. The zero-order chi connectivity index (χ0) is 24.8. The number of nitrogens with zero attached hydrogens (tertiary/aromatic N) is 2. The second-order valence-corrected chi connectivity index (χ2v) is 7.39. The van der Waals surface area contributed by atoms with Crippen LogP contribution in [0.3, 0.4) is 0 Å². The summed E-state index contributed by atoms with van der Waals surface area (Å²) in [4.78, 5) is 39.9. The molecule has 0 bridgehead atoms. The third kappa shape index (κ3) is 10.2. The van der Waals surface area contributed by atoms with Crippen LogP contribution in [-0.4, -0.2) is 70.4 Å². The Balaban J connectivity index is 0.000000440. The zero-order valence-corrected chi connectivity index (χ0v) is 19.0. The van der Waals surface area contributed by atoms with E-state index in [2.05, 4.69) is 32.3 Å². The minimum absolute atomic E-state index is 0.192. The Morgan fingerprint density at radius 1 is 1.18 bits per heavy atom. The molecule has 2 aromatic rings. The average Bonchev–Trinajstić information content (AvgIpc) is 2.82. The van der Waals surface area contributed by atoms with Crippen LogP contribution in [0.4, 0.5) is 5.95 Å². The Labute approximate surface area is 197 Å². The number of ether oxygens (including phenoxy) is 2. The lowest BCUT2D eigenvalue weighted by atomic mass is 10.1. The molecule has 11 nitrogen and oxygen atoms in total. The van der Waals surface area contributed by atoms with Crippen LogP contribution in [0, 0.1) is 0 Å². The Morgan fingerprint density at radius 3 is 2.50 bits per heavy atom. The SMILES string of the molecule is COc1c[nH]c(NCCOc2cccc(CN3CCCCC3)c2)nc1=O.O=C(O)/C=C\C(=O)O. The van der Waals surface area contributed by atoms with Crippen LogP contribution in [-0.2, 0) is 16.1 Å². The number of piperidine rings is 1. The first-order valence-corrected chi connectivity index (χ1v) is 10.8. The summed E-state index contributed by atoms with van der Waals surface area (Å²) in [5, 5.41) is 18.7. The normalized spacial score (nSPS) is 13.6. The number of H-pyrrole nitrogens is 1. The maximum absolute atomic E-state index is 11.6. The van der Waals surface area contributed by atoms with Gasteiger partial charge in [-0.2, -0.15) is 4.98 Å². The van der Waals surface area contributed by atoms with Crippen LogP contribution in [0.5, 0.6) is 11.5 Å². The third-order valence-corrected chi connectivity index (χ3v) is 4.77. The first-order chi connectivity index (χ1) is 16.4. The molecule has 0 unspecified atom stereocenters. The molecule has 34 heavy (non-hydrogen) atoms. The molecule has 1 saturated heterocycles. The van der Waals surface area contributed by atoms with E-state index in [0.29, 0.717) is 31.3 Å². The highest BCUT2D eigenvalue weighted by molar-refractivity contribution is 5.89. The molecule has 0 aliphatic carbocycles. The number of nitrogens with one attached hydrogen (secondary N) is 2. The molecule has 184 valence electrons. The number of aromatic amines is 1. The van der Waals surface area contributed by atoms with E-state index in [1.807, 2.05) is 12.1 Å². The molecule has 0 spiro atoms. The van der Waals surface area contributed by atoms with Gasteiger partial charge < -0.3 is 30.0 Å². The van der Waals surface area contributed by atoms with Crippen LogP contribution >= 0.6 is 0 Å². The number of carboxylic acid groups (broad SMARTS) is 2. The fourth-order valence-electron chi connectivity index (χ4n) is 3.21. The third-order valence-electron chi connectivity index (χ3n) is 4.77. The van der Waals surface area contributed by atoms with Gasteiger partial charge in [0.05, 0.1) is 19.9 Å². The van der Waals surface area contributed by atoms with E-state index in [1.54, 1.807) is 0 Å². The summed E-state index contributed by atoms with van der Waals surface area (Å²) < 4.78 is 10.7. The van der Waals surface area contributed by atoms with E-state index in [1.165, 1.54) is 51.2 Å². The summed E-state index contributed by atoms with van der Waals surface area (Å²) in [7, 11) is 1.44. The molecular formula is C23H30N4O7. The molecule has 4 N–H and O–H groups in total. The predicted octanol–water partition coefficient (Wildman–Crippen LogP) is 1.97. The highest BCUT2D eigenvalue weighted by atomic mass is 16.5. The molecule has 0 atom stereocenters. The van der Waals surface area contributed by atoms with Crippen molar-refractivity contribution in [2.75, 3.05) is 38.7 Å². The number of hydrogen-bond donors (Lipinski definition) is 4. The van der Waals surface area contributed by atoms with Gasteiger partial charge in [0, 0.05) is 18.7 Å². The number of aliphatic carboxylic acids is 2. The average molecular weight is 475 g/mol. The second kappa shape index (κ2) is 14.3. The van der Waals surface area contributed by atoms with E-state index in [-0.39, 0.29) is 5.75 Å². The quantitative estimate of drug-likeness (QED) is 0.297. The smallest absolute Gasteiger partial charge is 0.328 e. The van der Waals surface area contributed by atoms with Crippen molar-refractivity contribution in [3.8, 4) is 11.5 Å². The fourth-order valence-corrected chi connectivity index (χ4v) is 3.21. The van der Waals surface area contributed by atoms with Crippen molar-refractivity contribution in [1.29, 1.82) is 0 Å². The van der Waals surface area contributed by atoms with E-state index in [9.17, 15) is 14.4 Å². The van der Waals surface area contributed by atoms with Gasteiger partial charge in [-0.3, -0.25) is 9.69 Å². The maximum Gasteiger partial charge on any atom is 0.328 e. The highest BCUT2D eigenvalue weighted by Gasteiger charge is 2.10. The number of carbonyl (C=O) groups is 2. The molecule has 1 aromatic carbocycles. The molecule has 1 aliphatic heterocycles. The minimum atomic E-state index is -1.26. The fraction of sp³-hybridized carbons (Fsp3) is 0.391. The molecular weight excluding hydrogens is 444 g/mol. The number of hydrogen-bond acceptors (Lipinski definition) is 8. The molecule has 0 amide bonds. The van der Waals surface area contributed by atoms with Crippen LogP contribution in [0.2, 0.25) is 0 Å². The monoisotopic (exact) mass is 474 g/mol. The van der Waals surface area contributed by atoms with Crippen molar-refractivity contribution < 1.29 is 29.3 Å². The van der Waals surface area contributed by atoms with Gasteiger partial charge in [-0.25, -0.2) is 9.59 Å². The van der Waals surface area contributed by atoms with Gasteiger partial charge in [-0.1, -0.05) is 18.6 Å². The summed E-state index contributed by atoms with van der Waals surface area (Å²) >= 11 is 0. The summed E-state index contributed by atoms with van der Waals surface area (Å²) in [6, 6.07) is 8.24. The Morgan fingerprint density at radius 2 is 1.88 bits per heavy atom. The van der Waals surface area contributed by atoms with E-state index in [0.717, 1.165) is 12.3 Å². The molecule has 1 aromatic heterocycles. The molecule has 1 fully saturated rings. The number of benzene rings is 1. The van der Waals surface area contributed by atoms with Crippen molar-refractivity contribution in [3.63, 3.8) is 0 Å². The lowest BCUT2D eigenvalue weighted by Crippen LogP contribution is -2.29. The van der Waals surface area contributed by atoms with Crippen LogP contribution in [0.1, 0.15) is 24.8 Å². The Kier molecular flexibility index (Phi) is 11.1. The Bertz CT molecular complexity index is 1000. The van der Waals surface area contributed by atoms with Crippen molar-refractivity contribution in [1.82, 2.24) is 14.9 Å². The predicted molar refractivity (Wildman–Crippen MR) is 125 cm³/mol. The molecule has 0 radical (unpaired) electrons. The molecule has 0 saturated carbocycles. The topological polar surface area (TPSA) is 154 Å². The van der Waals surface area contributed by atoms with Crippen molar-refractivity contribution in [2.24, 2.45) is 0 Å². The van der Waals surface area contributed by atoms with Gasteiger partial charge in [0.25, 0.3) is 0 Å². The maximum atomic E-state index is 11.6. The number of likely N-dealkylation sites (tertiary alicyclic amines) is 1. The van der Waals surface area contributed by atoms with Gasteiger partial charge in [0.15, 0.2) is 0 Å². The number of methoxy groups -OCH3 is 1. The van der Waals surface area contributed by atoms with Gasteiger partial charge in [0.1, 0.15) is 12.4 Å².